The minimum atomic E-state index is -0.145. The van der Waals surface area contributed by atoms with Crippen LogP contribution in [0.5, 0.6) is 0 Å². The minimum Gasteiger partial charge on any atom is -0.365 e. The molecule has 1 aromatic rings. The quantitative estimate of drug-likeness (QED) is 0.884. The maximum Gasteiger partial charge on any atom is 0.123 e. The highest BCUT2D eigenvalue weighted by atomic mass is 19.1. The van der Waals surface area contributed by atoms with Crippen molar-refractivity contribution in [3.8, 4) is 0 Å². The molecule has 0 spiro atoms. The Hall–Kier alpha value is -1.09. The number of halogens is 1. The molecule has 0 aromatic heterocycles. The summed E-state index contributed by atoms with van der Waals surface area (Å²) in [5, 5.41) is 3.58. The molecule has 2 atom stereocenters. The monoisotopic (exact) mass is 248 g/mol. The fourth-order valence-electron chi connectivity index (χ4n) is 3.67. The van der Waals surface area contributed by atoms with Crippen LogP contribution in [0, 0.1) is 5.82 Å². The number of fused-ring (bicyclic) bond motifs is 2. The first-order chi connectivity index (χ1) is 8.78. The van der Waals surface area contributed by atoms with E-state index < -0.39 is 0 Å². The summed E-state index contributed by atoms with van der Waals surface area (Å²) in [7, 11) is 0. The molecule has 0 amide bonds. The highest BCUT2D eigenvalue weighted by molar-refractivity contribution is 5.50. The Morgan fingerprint density at radius 2 is 1.78 bits per heavy atom. The van der Waals surface area contributed by atoms with Gasteiger partial charge in [0.05, 0.1) is 0 Å². The van der Waals surface area contributed by atoms with Gasteiger partial charge in [-0.1, -0.05) is 6.92 Å². The molecule has 98 valence electrons. The Bertz CT molecular complexity index is 389. The Morgan fingerprint density at radius 1 is 1.17 bits per heavy atom. The topological polar surface area (TPSA) is 15.3 Å². The Kier molecular flexibility index (Phi) is 3.25. The van der Waals surface area contributed by atoms with Gasteiger partial charge in [0.25, 0.3) is 0 Å². The first-order valence-corrected chi connectivity index (χ1v) is 7.05. The molecule has 1 N–H and O–H groups in total. The fourth-order valence-corrected chi connectivity index (χ4v) is 3.67. The van der Waals surface area contributed by atoms with Gasteiger partial charge in [-0.25, -0.2) is 4.39 Å². The van der Waals surface area contributed by atoms with E-state index in [1.54, 1.807) is 12.1 Å². The molecule has 2 heterocycles. The Balaban J connectivity index is 1.77. The number of benzene rings is 1. The van der Waals surface area contributed by atoms with Crippen LogP contribution in [0.3, 0.4) is 0 Å². The number of nitrogens with zero attached hydrogens (tertiary/aromatic N) is 1. The van der Waals surface area contributed by atoms with E-state index in [1.807, 2.05) is 12.1 Å². The second kappa shape index (κ2) is 4.88. The highest BCUT2D eigenvalue weighted by Gasteiger charge is 2.40. The summed E-state index contributed by atoms with van der Waals surface area (Å²) in [6, 6.07) is 8.94. The van der Waals surface area contributed by atoms with Crippen molar-refractivity contribution in [3.63, 3.8) is 0 Å². The van der Waals surface area contributed by atoms with Gasteiger partial charge in [0, 0.05) is 23.8 Å². The van der Waals surface area contributed by atoms with Crippen LogP contribution in [-0.4, -0.2) is 24.7 Å². The predicted octanol–water partition coefficient (Wildman–Crippen LogP) is 2.94. The molecule has 2 saturated heterocycles. The number of hydrogen-bond acceptors (Lipinski definition) is 2. The SMILES string of the molecule is CCNC1CC2CCC(C1)N2c1ccc(F)cc1. The van der Waals surface area contributed by atoms with E-state index in [1.165, 1.54) is 31.4 Å². The summed E-state index contributed by atoms with van der Waals surface area (Å²) in [6.45, 7) is 3.23. The van der Waals surface area contributed by atoms with Gasteiger partial charge in [-0.15, -0.1) is 0 Å². The van der Waals surface area contributed by atoms with Crippen molar-refractivity contribution >= 4 is 5.69 Å². The van der Waals surface area contributed by atoms with E-state index in [9.17, 15) is 4.39 Å². The first-order valence-electron chi connectivity index (χ1n) is 7.05. The fraction of sp³-hybridized carbons (Fsp3) is 0.600. The van der Waals surface area contributed by atoms with Crippen LogP contribution in [0.1, 0.15) is 32.6 Å². The van der Waals surface area contributed by atoms with E-state index in [0.717, 1.165) is 6.54 Å². The Labute approximate surface area is 108 Å². The van der Waals surface area contributed by atoms with Gasteiger partial charge in [-0.05, 0) is 56.5 Å². The number of nitrogens with one attached hydrogen (secondary N) is 1. The lowest BCUT2D eigenvalue weighted by Crippen LogP contribution is -2.49. The van der Waals surface area contributed by atoms with Gasteiger partial charge >= 0.3 is 0 Å². The standard InChI is InChI=1S/C15H21FN2/c1-2-17-12-9-14-7-8-15(10-12)18(14)13-5-3-11(16)4-6-13/h3-6,12,14-15,17H,2,7-10H2,1H3. The molecule has 2 nitrogen and oxygen atoms in total. The molecule has 2 aliphatic rings. The average Bonchev–Trinajstić information content (AvgIpc) is 2.63. The second-order valence-electron chi connectivity index (χ2n) is 5.49. The molecule has 1 aromatic carbocycles. The molecular weight excluding hydrogens is 227 g/mol. The van der Waals surface area contributed by atoms with Gasteiger partial charge in [-0.3, -0.25) is 0 Å². The number of piperidine rings is 1. The molecule has 2 aliphatic heterocycles. The van der Waals surface area contributed by atoms with Gasteiger partial charge in [-0.2, -0.15) is 0 Å². The summed E-state index contributed by atoms with van der Waals surface area (Å²) in [5.41, 5.74) is 1.19. The number of rotatable bonds is 3. The molecule has 2 fully saturated rings. The van der Waals surface area contributed by atoms with Crippen molar-refractivity contribution in [2.45, 2.75) is 50.7 Å². The zero-order chi connectivity index (χ0) is 12.5. The second-order valence-corrected chi connectivity index (χ2v) is 5.49. The van der Waals surface area contributed by atoms with Crippen LogP contribution < -0.4 is 10.2 Å². The average molecular weight is 248 g/mol. The van der Waals surface area contributed by atoms with Crippen LogP contribution >= 0.6 is 0 Å². The lowest BCUT2D eigenvalue weighted by molar-refractivity contribution is 0.361. The van der Waals surface area contributed by atoms with Gasteiger partial charge in [0.2, 0.25) is 0 Å². The largest absolute Gasteiger partial charge is 0.365 e. The zero-order valence-electron chi connectivity index (χ0n) is 10.9. The van der Waals surface area contributed by atoms with Crippen molar-refractivity contribution in [2.75, 3.05) is 11.4 Å². The molecule has 3 rings (SSSR count). The molecule has 18 heavy (non-hydrogen) atoms. The summed E-state index contributed by atoms with van der Waals surface area (Å²) in [5.74, 6) is -0.145. The normalized spacial score (nSPS) is 30.8. The lowest BCUT2D eigenvalue weighted by atomic mass is 9.96. The van der Waals surface area contributed by atoms with E-state index in [-0.39, 0.29) is 5.82 Å². The molecule has 0 radical (unpaired) electrons. The predicted molar refractivity (Wildman–Crippen MR) is 72.4 cm³/mol. The van der Waals surface area contributed by atoms with Crippen LogP contribution in [-0.2, 0) is 0 Å². The van der Waals surface area contributed by atoms with Crippen molar-refractivity contribution < 1.29 is 4.39 Å². The summed E-state index contributed by atoms with van der Waals surface area (Å²) in [4.78, 5) is 2.52. The van der Waals surface area contributed by atoms with E-state index in [0.29, 0.717) is 18.1 Å². The van der Waals surface area contributed by atoms with Crippen molar-refractivity contribution in [1.82, 2.24) is 5.32 Å². The van der Waals surface area contributed by atoms with Crippen molar-refractivity contribution in [1.29, 1.82) is 0 Å². The number of anilines is 1. The highest BCUT2D eigenvalue weighted by Crippen LogP contribution is 2.39. The molecule has 0 aliphatic carbocycles. The van der Waals surface area contributed by atoms with Crippen molar-refractivity contribution in [3.05, 3.63) is 30.1 Å². The smallest absolute Gasteiger partial charge is 0.123 e. The number of hydrogen-bond donors (Lipinski definition) is 1. The minimum absolute atomic E-state index is 0.145. The molecule has 3 heteroatoms. The molecular formula is C15H21FN2. The molecule has 0 saturated carbocycles. The maximum absolute atomic E-state index is 13.0. The van der Waals surface area contributed by atoms with Crippen LogP contribution in [0.15, 0.2) is 24.3 Å². The zero-order valence-corrected chi connectivity index (χ0v) is 10.9. The van der Waals surface area contributed by atoms with Gasteiger partial charge in [0.1, 0.15) is 5.82 Å². The van der Waals surface area contributed by atoms with Crippen LogP contribution in [0.2, 0.25) is 0 Å². The lowest BCUT2D eigenvalue weighted by Gasteiger charge is -2.41. The van der Waals surface area contributed by atoms with E-state index >= 15 is 0 Å². The third-order valence-corrected chi connectivity index (χ3v) is 4.35. The van der Waals surface area contributed by atoms with E-state index in [2.05, 4.69) is 17.1 Å². The Morgan fingerprint density at radius 3 is 2.33 bits per heavy atom. The van der Waals surface area contributed by atoms with Crippen LogP contribution in [0.25, 0.3) is 0 Å². The third-order valence-electron chi connectivity index (χ3n) is 4.35. The van der Waals surface area contributed by atoms with Gasteiger partial charge < -0.3 is 10.2 Å². The van der Waals surface area contributed by atoms with E-state index in [4.69, 9.17) is 0 Å². The molecule has 2 unspecified atom stereocenters. The first kappa shape index (κ1) is 12.0. The molecule has 2 bridgehead atoms. The maximum atomic E-state index is 13.0. The van der Waals surface area contributed by atoms with Crippen LogP contribution in [0.4, 0.5) is 10.1 Å². The summed E-state index contributed by atoms with van der Waals surface area (Å²) >= 11 is 0. The third kappa shape index (κ3) is 2.12. The van der Waals surface area contributed by atoms with Crippen molar-refractivity contribution in [2.24, 2.45) is 0 Å². The van der Waals surface area contributed by atoms with Gasteiger partial charge in [0.15, 0.2) is 0 Å². The summed E-state index contributed by atoms with van der Waals surface area (Å²) in [6.07, 6.45) is 5.01. The summed E-state index contributed by atoms with van der Waals surface area (Å²) < 4.78 is 13.0.